The first kappa shape index (κ1) is 10.3. The lowest BCUT2D eigenvalue weighted by Gasteiger charge is -2.40. The first-order valence-corrected chi connectivity index (χ1v) is 5.91. The van der Waals surface area contributed by atoms with Crippen molar-refractivity contribution in [1.82, 2.24) is 14.7 Å². The van der Waals surface area contributed by atoms with Crippen LogP contribution in [-0.2, 0) is 10.3 Å². The van der Waals surface area contributed by atoms with Gasteiger partial charge in [-0.25, -0.2) is 4.98 Å². The van der Waals surface area contributed by atoms with Crippen molar-refractivity contribution >= 4 is 11.9 Å². The molecule has 2 aromatic heterocycles. The van der Waals surface area contributed by atoms with E-state index in [1.807, 2.05) is 18.5 Å². The van der Waals surface area contributed by atoms with E-state index in [1.165, 1.54) is 5.56 Å². The molecule has 0 aliphatic heterocycles. The molecule has 0 spiro atoms. The van der Waals surface area contributed by atoms with Crippen LogP contribution >= 0.6 is 0 Å². The summed E-state index contributed by atoms with van der Waals surface area (Å²) in [7, 11) is 0. The Morgan fingerprint density at radius 2 is 2.35 bits per heavy atom. The number of imidazole rings is 1. The van der Waals surface area contributed by atoms with E-state index in [0.717, 1.165) is 37.0 Å². The summed E-state index contributed by atoms with van der Waals surface area (Å²) >= 11 is 0. The average Bonchev–Trinajstić information content (AvgIpc) is 2.69. The van der Waals surface area contributed by atoms with Gasteiger partial charge in [0.2, 0.25) is 6.41 Å². The fourth-order valence-corrected chi connectivity index (χ4v) is 2.59. The van der Waals surface area contributed by atoms with Crippen LogP contribution in [0.3, 0.4) is 0 Å². The van der Waals surface area contributed by atoms with Gasteiger partial charge in [-0.15, -0.1) is 0 Å². The Morgan fingerprint density at radius 3 is 3.00 bits per heavy atom. The molecular formula is C13H15N3O. The number of nitrogens with zero attached hydrogens (tertiary/aromatic N) is 2. The third-order valence-electron chi connectivity index (χ3n) is 3.75. The summed E-state index contributed by atoms with van der Waals surface area (Å²) in [5, 5.41) is 2.95. The van der Waals surface area contributed by atoms with Crippen molar-refractivity contribution in [2.75, 3.05) is 0 Å². The van der Waals surface area contributed by atoms with Gasteiger partial charge in [0.05, 0.1) is 17.3 Å². The van der Waals surface area contributed by atoms with Gasteiger partial charge in [0, 0.05) is 6.20 Å². The van der Waals surface area contributed by atoms with Crippen LogP contribution in [0.5, 0.6) is 0 Å². The van der Waals surface area contributed by atoms with Crippen LogP contribution in [0.1, 0.15) is 30.7 Å². The lowest BCUT2D eigenvalue weighted by Crippen LogP contribution is -2.48. The molecule has 3 rings (SSSR count). The van der Waals surface area contributed by atoms with E-state index >= 15 is 0 Å². The first-order valence-electron chi connectivity index (χ1n) is 5.91. The minimum absolute atomic E-state index is 0.248. The van der Waals surface area contributed by atoms with E-state index in [4.69, 9.17) is 0 Å². The molecule has 1 fully saturated rings. The molecule has 0 atom stereocenters. The standard InChI is InChI=1S/C13H15N3O/c1-10-4-2-7-16-11(10)8-14-12(16)13(15-9-17)5-3-6-13/h2,4,7-9H,3,5-6H2,1H3,(H,15,17). The largest absolute Gasteiger partial charge is 0.346 e. The highest BCUT2D eigenvalue weighted by molar-refractivity contribution is 5.55. The quantitative estimate of drug-likeness (QED) is 0.815. The zero-order chi connectivity index (χ0) is 11.9. The number of fused-ring (bicyclic) bond motifs is 1. The minimum atomic E-state index is -0.248. The summed E-state index contributed by atoms with van der Waals surface area (Å²) in [6.07, 6.45) is 7.77. The van der Waals surface area contributed by atoms with Gasteiger partial charge < -0.3 is 9.72 Å². The Morgan fingerprint density at radius 1 is 1.53 bits per heavy atom. The van der Waals surface area contributed by atoms with Gasteiger partial charge in [-0.2, -0.15) is 0 Å². The Bertz CT molecular complexity index is 569. The molecule has 88 valence electrons. The van der Waals surface area contributed by atoms with Crippen molar-refractivity contribution in [2.45, 2.75) is 31.7 Å². The van der Waals surface area contributed by atoms with Gasteiger partial charge in [0.1, 0.15) is 5.82 Å². The number of carbonyl (C=O) groups excluding carboxylic acids is 1. The smallest absolute Gasteiger partial charge is 0.207 e. The first-order chi connectivity index (χ1) is 8.27. The molecule has 2 heterocycles. The van der Waals surface area contributed by atoms with Crippen LogP contribution in [-0.4, -0.2) is 15.8 Å². The lowest BCUT2D eigenvalue weighted by atomic mass is 9.76. The predicted octanol–water partition coefficient (Wildman–Crippen LogP) is 1.77. The maximum Gasteiger partial charge on any atom is 0.207 e. The number of carbonyl (C=O) groups is 1. The number of pyridine rings is 1. The second-order valence-electron chi connectivity index (χ2n) is 4.73. The van der Waals surface area contributed by atoms with Crippen molar-refractivity contribution < 1.29 is 4.79 Å². The zero-order valence-electron chi connectivity index (χ0n) is 9.81. The van der Waals surface area contributed by atoms with Crippen molar-refractivity contribution in [3.8, 4) is 0 Å². The molecule has 0 saturated heterocycles. The van der Waals surface area contributed by atoms with Crippen LogP contribution < -0.4 is 5.32 Å². The third-order valence-corrected chi connectivity index (χ3v) is 3.75. The maximum atomic E-state index is 10.8. The number of hydrogen-bond donors (Lipinski definition) is 1. The van der Waals surface area contributed by atoms with E-state index in [-0.39, 0.29) is 5.54 Å². The predicted molar refractivity (Wildman–Crippen MR) is 64.7 cm³/mol. The van der Waals surface area contributed by atoms with Gasteiger partial charge in [-0.1, -0.05) is 6.07 Å². The van der Waals surface area contributed by atoms with E-state index in [9.17, 15) is 4.79 Å². The summed E-state index contributed by atoms with van der Waals surface area (Å²) in [5.41, 5.74) is 2.07. The van der Waals surface area contributed by atoms with Crippen molar-refractivity contribution in [3.05, 3.63) is 35.9 Å². The minimum Gasteiger partial charge on any atom is -0.346 e. The fraction of sp³-hybridized carbons (Fsp3) is 0.385. The third kappa shape index (κ3) is 1.37. The van der Waals surface area contributed by atoms with E-state index in [2.05, 4.69) is 27.7 Å². The number of amides is 1. The van der Waals surface area contributed by atoms with E-state index in [0.29, 0.717) is 0 Å². The lowest BCUT2D eigenvalue weighted by molar-refractivity contribution is -0.112. The molecule has 0 bridgehead atoms. The summed E-state index contributed by atoms with van der Waals surface area (Å²) < 4.78 is 2.09. The SMILES string of the molecule is Cc1cccn2c(C3(NC=O)CCC3)ncc12. The van der Waals surface area contributed by atoms with Crippen LogP contribution in [0.4, 0.5) is 0 Å². The topological polar surface area (TPSA) is 46.4 Å². The second kappa shape index (κ2) is 3.58. The molecule has 2 aromatic rings. The molecule has 0 radical (unpaired) electrons. The number of aryl methyl sites for hydroxylation is 1. The normalized spacial score (nSPS) is 17.7. The fourth-order valence-electron chi connectivity index (χ4n) is 2.59. The molecule has 1 amide bonds. The highest BCUT2D eigenvalue weighted by atomic mass is 16.1. The van der Waals surface area contributed by atoms with E-state index < -0.39 is 0 Å². The number of aromatic nitrogens is 2. The summed E-state index contributed by atoms with van der Waals surface area (Å²) in [6, 6.07) is 4.09. The Labute approximate surface area is 99.7 Å². The zero-order valence-corrected chi connectivity index (χ0v) is 9.81. The van der Waals surface area contributed by atoms with Crippen LogP contribution in [0.25, 0.3) is 5.52 Å². The van der Waals surface area contributed by atoms with Gasteiger partial charge in [-0.05, 0) is 37.8 Å². The van der Waals surface area contributed by atoms with Crippen molar-refractivity contribution in [2.24, 2.45) is 0 Å². The molecule has 4 nitrogen and oxygen atoms in total. The molecule has 1 aliphatic rings. The maximum absolute atomic E-state index is 10.8. The van der Waals surface area contributed by atoms with Gasteiger partial charge >= 0.3 is 0 Å². The molecular weight excluding hydrogens is 214 g/mol. The number of hydrogen-bond acceptors (Lipinski definition) is 2. The molecule has 17 heavy (non-hydrogen) atoms. The monoisotopic (exact) mass is 229 g/mol. The van der Waals surface area contributed by atoms with Crippen LogP contribution in [0.2, 0.25) is 0 Å². The molecule has 1 N–H and O–H groups in total. The Balaban J connectivity index is 2.17. The van der Waals surface area contributed by atoms with Crippen LogP contribution in [0.15, 0.2) is 24.5 Å². The number of nitrogens with one attached hydrogen (secondary N) is 1. The summed E-state index contributed by atoms with van der Waals surface area (Å²) in [6.45, 7) is 2.07. The second-order valence-corrected chi connectivity index (χ2v) is 4.73. The summed E-state index contributed by atoms with van der Waals surface area (Å²) in [4.78, 5) is 15.3. The highest BCUT2D eigenvalue weighted by Crippen LogP contribution is 2.40. The molecule has 0 unspecified atom stereocenters. The van der Waals surface area contributed by atoms with Crippen molar-refractivity contribution in [3.63, 3.8) is 0 Å². The number of rotatable bonds is 3. The Kier molecular flexibility index (Phi) is 2.18. The van der Waals surface area contributed by atoms with Gasteiger partial charge in [0.25, 0.3) is 0 Å². The van der Waals surface area contributed by atoms with Gasteiger partial charge in [-0.3, -0.25) is 4.79 Å². The Hall–Kier alpha value is -1.84. The highest BCUT2D eigenvalue weighted by Gasteiger charge is 2.41. The molecule has 0 aromatic carbocycles. The van der Waals surface area contributed by atoms with Gasteiger partial charge in [0.15, 0.2) is 0 Å². The average molecular weight is 229 g/mol. The molecule has 1 saturated carbocycles. The van der Waals surface area contributed by atoms with E-state index in [1.54, 1.807) is 0 Å². The van der Waals surface area contributed by atoms with Crippen molar-refractivity contribution in [1.29, 1.82) is 0 Å². The summed E-state index contributed by atoms with van der Waals surface area (Å²) in [5.74, 6) is 0.953. The molecule has 4 heteroatoms. The molecule has 1 aliphatic carbocycles. The van der Waals surface area contributed by atoms with Crippen LogP contribution in [0, 0.1) is 6.92 Å².